The van der Waals surface area contributed by atoms with E-state index in [0.717, 1.165) is 19.9 Å². The van der Waals surface area contributed by atoms with Crippen LogP contribution in [0.4, 0.5) is 5.69 Å². The van der Waals surface area contributed by atoms with Gasteiger partial charge in [-0.25, -0.2) is 8.42 Å². The van der Waals surface area contributed by atoms with Crippen LogP contribution in [0.2, 0.25) is 0 Å². The highest BCUT2D eigenvalue weighted by Gasteiger charge is 2.36. The maximum absolute atomic E-state index is 14.6. The molecule has 4 aromatic rings. The Morgan fingerprint density at radius 3 is 1.98 bits per heavy atom. The topological polar surface area (TPSA) is 105 Å². The summed E-state index contributed by atoms with van der Waals surface area (Å²) in [5, 5.41) is 3.04. The van der Waals surface area contributed by atoms with E-state index < -0.39 is 34.1 Å². The van der Waals surface area contributed by atoms with E-state index in [2.05, 4.69) is 21.2 Å². The van der Waals surface area contributed by atoms with Crippen LogP contribution in [0.1, 0.15) is 31.9 Å². The molecule has 11 heteroatoms. The van der Waals surface area contributed by atoms with Gasteiger partial charge in [-0.3, -0.25) is 13.9 Å². The molecule has 4 aromatic carbocycles. The highest BCUT2D eigenvalue weighted by atomic mass is 79.9. The first-order chi connectivity index (χ1) is 22.3. The summed E-state index contributed by atoms with van der Waals surface area (Å²) in [4.78, 5) is 30.1. The zero-order valence-electron chi connectivity index (χ0n) is 27.1. The number of hydrogen-bond acceptors (Lipinski definition) is 6. The second kappa shape index (κ2) is 15.5. The van der Waals surface area contributed by atoms with Gasteiger partial charge in [0.15, 0.2) is 11.5 Å². The number of hydrogen-bond donors (Lipinski definition) is 1. The van der Waals surface area contributed by atoms with Crippen LogP contribution in [-0.2, 0) is 32.6 Å². The normalized spacial score (nSPS) is 12.1. The third-order valence-corrected chi connectivity index (χ3v) is 9.62. The Hall–Kier alpha value is -4.35. The van der Waals surface area contributed by atoms with Crippen molar-refractivity contribution in [2.75, 3.05) is 25.1 Å². The van der Waals surface area contributed by atoms with E-state index in [1.54, 1.807) is 30.3 Å². The van der Waals surface area contributed by atoms with E-state index in [9.17, 15) is 18.0 Å². The van der Waals surface area contributed by atoms with Gasteiger partial charge in [-0.1, -0.05) is 76.6 Å². The van der Waals surface area contributed by atoms with Crippen LogP contribution in [0.25, 0.3) is 0 Å². The molecule has 2 amide bonds. The van der Waals surface area contributed by atoms with Gasteiger partial charge in [0.1, 0.15) is 12.6 Å². The Kier molecular flexibility index (Phi) is 11.7. The first-order valence-corrected chi connectivity index (χ1v) is 17.3. The molecule has 0 aliphatic carbocycles. The molecule has 0 saturated carbocycles. The van der Waals surface area contributed by atoms with Crippen LogP contribution in [0, 0.1) is 0 Å². The molecule has 0 saturated heterocycles. The minimum Gasteiger partial charge on any atom is -0.493 e. The first-order valence-electron chi connectivity index (χ1n) is 15.0. The number of carbonyl (C=O) groups is 2. The Morgan fingerprint density at radius 2 is 1.40 bits per heavy atom. The van der Waals surface area contributed by atoms with Gasteiger partial charge in [0.05, 0.1) is 24.8 Å². The van der Waals surface area contributed by atoms with Crippen molar-refractivity contribution in [3.8, 4) is 11.5 Å². The number of nitrogens with zero attached hydrogens (tertiary/aromatic N) is 2. The highest BCUT2D eigenvalue weighted by molar-refractivity contribution is 9.10. The predicted molar refractivity (Wildman–Crippen MR) is 187 cm³/mol. The summed E-state index contributed by atoms with van der Waals surface area (Å²) in [7, 11) is -1.33. The van der Waals surface area contributed by atoms with Crippen molar-refractivity contribution in [3.63, 3.8) is 0 Å². The third kappa shape index (κ3) is 9.36. The quantitative estimate of drug-likeness (QED) is 0.176. The number of nitrogens with one attached hydrogen (secondary N) is 1. The summed E-state index contributed by atoms with van der Waals surface area (Å²) in [6.45, 7) is 5.09. The van der Waals surface area contributed by atoms with E-state index in [1.165, 1.54) is 37.3 Å². The number of amides is 2. The lowest BCUT2D eigenvalue weighted by atomic mass is 10.0. The molecule has 0 aliphatic rings. The fourth-order valence-electron chi connectivity index (χ4n) is 5.02. The van der Waals surface area contributed by atoms with E-state index in [1.807, 2.05) is 75.4 Å². The Labute approximate surface area is 285 Å². The molecule has 0 spiro atoms. The number of rotatable bonds is 13. The summed E-state index contributed by atoms with van der Waals surface area (Å²) in [5.74, 6) is -0.218. The summed E-state index contributed by atoms with van der Waals surface area (Å²) < 4.78 is 41.2. The van der Waals surface area contributed by atoms with E-state index in [-0.39, 0.29) is 29.5 Å². The zero-order valence-corrected chi connectivity index (χ0v) is 29.5. The van der Waals surface area contributed by atoms with Gasteiger partial charge in [-0.15, -0.1) is 0 Å². The Morgan fingerprint density at radius 1 is 0.809 bits per heavy atom. The van der Waals surface area contributed by atoms with Gasteiger partial charge in [-0.2, -0.15) is 0 Å². The second-order valence-electron chi connectivity index (χ2n) is 12.0. The van der Waals surface area contributed by atoms with Crippen molar-refractivity contribution in [1.29, 1.82) is 0 Å². The van der Waals surface area contributed by atoms with E-state index >= 15 is 0 Å². The number of ether oxygens (including phenoxy) is 2. The highest BCUT2D eigenvalue weighted by Crippen LogP contribution is 2.34. The molecule has 9 nitrogen and oxygen atoms in total. The average molecular weight is 723 g/mol. The molecule has 0 bridgehead atoms. The maximum Gasteiger partial charge on any atom is 0.264 e. The molecule has 47 heavy (non-hydrogen) atoms. The number of sulfonamides is 1. The minimum atomic E-state index is -4.26. The van der Waals surface area contributed by atoms with Crippen LogP contribution in [0.5, 0.6) is 11.5 Å². The van der Waals surface area contributed by atoms with Gasteiger partial charge in [0.25, 0.3) is 10.0 Å². The van der Waals surface area contributed by atoms with Gasteiger partial charge in [-0.05, 0) is 68.3 Å². The molecule has 1 unspecified atom stereocenters. The van der Waals surface area contributed by atoms with Gasteiger partial charge >= 0.3 is 0 Å². The molecule has 4 rings (SSSR count). The van der Waals surface area contributed by atoms with Gasteiger partial charge in [0, 0.05) is 29.0 Å². The summed E-state index contributed by atoms with van der Waals surface area (Å²) in [6, 6.07) is 28.5. The molecule has 0 heterocycles. The molecule has 0 fully saturated rings. The summed E-state index contributed by atoms with van der Waals surface area (Å²) in [6.07, 6.45) is 0.215. The maximum atomic E-state index is 14.6. The molecule has 0 aromatic heterocycles. The van der Waals surface area contributed by atoms with Crippen LogP contribution >= 0.6 is 15.9 Å². The van der Waals surface area contributed by atoms with Crippen molar-refractivity contribution in [1.82, 2.24) is 10.2 Å². The van der Waals surface area contributed by atoms with Crippen LogP contribution < -0.4 is 19.1 Å². The smallest absolute Gasteiger partial charge is 0.264 e. The molecule has 1 N–H and O–H groups in total. The largest absolute Gasteiger partial charge is 0.493 e. The molecule has 0 radical (unpaired) electrons. The fourth-order valence-corrected chi connectivity index (χ4v) is 6.71. The molecule has 0 aliphatic heterocycles. The Bertz CT molecular complexity index is 1760. The minimum absolute atomic E-state index is 0.00774. The van der Waals surface area contributed by atoms with Crippen molar-refractivity contribution in [3.05, 3.63) is 119 Å². The predicted octanol–water partition coefficient (Wildman–Crippen LogP) is 6.22. The molecule has 248 valence electrons. The number of methoxy groups -OCH3 is 2. The standard InChI is InChI=1S/C36H40BrN3O6S/c1-36(2,3)38-35(42)31(22-26-12-8-6-9-13-26)39(24-27-16-18-28(37)19-17-27)34(41)25-40(47(43,44)30-14-10-7-11-15-30)29-20-21-32(45-4)33(23-29)46-5/h6-21,23,31H,22,24-25H2,1-5H3,(H,38,42). The number of carbonyl (C=O) groups excluding carboxylic acids is 2. The second-order valence-corrected chi connectivity index (χ2v) is 14.7. The molecule has 1 atom stereocenters. The van der Waals surface area contributed by atoms with Crippen molar-refractivity contribution >= 4 is 43.5 Å². The van der Waals surface area contributed by atoms with Gasteiger partial charge < -0.3 is 19.7 Å². The van der Waals surface area contributed by atoms with E-state index in [4.69, 9.17) is 9.47 Å². The summed E-state index contributed by atoms with van der Waals surface area (Å²) in [5.41, 5.74) is 1.23. The van der Waals surface area contributed by atoms with Crippen molar-refractivity contribution in [2.45, 2.75) is 50.2 Å². The lowest BCUT2D eigenvalue weighted by Gasteiger charge is -2.35. The van der Waals surface area contributed by atoms with Gasteiger partial charge in [0.2, 0.25) is 11.8 Å². The fraction of sp³-hybridized carbons (Fsp3) is 0.278. The number of anilines is 1. The summed E-state index contributed by atoms with van der Waals surface area (Å²) >= 11 is 3.46. The SMILES string of the molecule is COc1ccc(N(CC(=O)N(Cc2ccc(Br)cc2)C(Cc2ccccc2)C(=O)NC(C)(C)C)S(=O)(=O)c2ccccc2)cc1OC. The Balaban J connectivity index is 1.84. The van der Waals surface area contributed by atoms with Crippen LogP contribution in [-0.4, -0.2) is 57.5 Å². The van der Waals surface area contributed by atoms with Crippen LogP contribution in [0.3, 0.4) is 0 Å². The first kappa shape index (κ1) is 35.5. The van der Waals surface area contributed by atoms with E-state index in [0.29, 0.717) is 11.5 Å². The molecular weight excluding hydrogens is 682 g/mol. The number of benzene rings is 4. The molecular formula is C36H40BrN3O6S. The van der Waals surface area contributed by atoms with Crippen molar-refractivity contribution in [2.24, 2.45) is 0 Å². The average Bonchev–Trinajstić information content (AvgIpc) is 3.05. The van der Waals surface area contributed by atoms with Crippen LogP contribution in [0.15, 0.2) is 112 Å². The zero-order chi connectivity index (χ0) is 34.2. The third-order valence-electron chi connectivity index (χ3n) is 7.30. The lowest BCUT2D eigenvalue weighted by molar-refractivity contribution is -0.140. The number of halogens is 1. The van der Waals surface area contributed by atoms with Crippen molar-refractivity contribution < 1.29 is 27.5 Å². The lowest BCUT2D eigenvalue weighted by Crippen LogP contribution is -2.56. The monoisotopic (exact) mass is 721 g/mol.